The van der Waals surface area contributed by atoms with Crippen molar-refractivity contribution in [2.75, 3.05) is 0 Å². The quantitative estimate of drug-likeness (QED) is 0.238. The summed E-state index contributed by atoms with van der Waals surface area (Å²) in [5, 5.41) is 78.6. The fourth-order valence-corrected chi connectivity index (χ4v) is 3.50. The summed E-state index contributed by atoms with van der Waals surface area (Å²) in [6.45, 7) is 0. The molecule has 8 N–H and O–H groups in total. The van der Waals surface area contributed by atoms with E-state index in [0.29, 0.717) is 0 Å². The molecule has 0 aliphatic carbocycles. The number of carbonyl (C=O) groups is 1. The topological polar surface area (TPSA) is 228 Å². The zero-order chi connectivity index (χ0) is 24.9. The minimum Gasteiger partial charge on any atom is -0.508 e. The van der Waals surface area contributed by atoms with E-state index in [0.717, 1.165) is 24.3 Å². The third kappa shape index (κ3) is 3.82. The molecular formula is C21H18O13. The van der Waals surface area contributed by atoms with Crippen LogP contribution in [-0.2, 0) is 9.53 Å². The van der Waals surface area contributed by atoms with Crippen molar-refractivity contribution in [3.63, 3.8) is 0 Å². The second kappa shape index (κ2) is 8.39. The largest absolute Gasteiger partial charge is 0.508 e. The molecule has 1 aromatic heterocycles. The van der Waals surface area contributed by atoms with Crippen molar-refractivity contribution in [2.24, 2.45) is 0 Å². The maximum Gasteiger partial charge on any atom is 0.335 e. The average Bonchev–Trinajstić information content (AvgIpc) is 2.77. The predicted molar refractivity (Wildman–Crippen MR) is 110 cm³/mol. The van der Waals surface area contributed by atoms with Crippen molar-refractivity contribution in [3.8, 4) is 40.1 Å². The van der Waals surface area contributed by atoms with Gasteiger partial charge in [-0.1, -0.05) is 0 Å². The summed E-state index contributed by atoms with van der Waals surface area (Å²) in [5.74, 6) is -5.01. The van der Waals surface area contributed by atoms with Crippen molar-refractivity contribution in [1.82, 2.24) is 0 Å². The molecule has 13 nitrogen and oxygen atoms in total. The molecule has 0 spiro atoms. The molecule has 0 bridgehead atoms. The number of aliphatic hydroxyl groups excluding tert-OH is 3. The summed E-state index contributed by atoms with van der Waals surface area (Å²) in [6.07, 6.45) is -9.60. The van der Waals surface area contributed by atoms with Gasteiger partial charge in [-0.05, 0) is 18.2 Å². The summed E-state index contributed by atoms with van der Waals surface area (Å²) in [4.78, 5) is 23.8. The highest BCUT2D eigenvalue weighted by atomic mass is 16.7. The van der Waals surface area contributed by atoms with Crippen LogP contribution in [-0.4, -0.2) is 77.5 Å². The number of hydrogen-bond acceptors (Lipinski definition) is 12. The van der Waals surface area contributed by atoms with Gasteiger partial charge in [0.25, 0.3) is 0 Å². The second-order valence-corrected chi connectivity index (χ2v) is 7.48. The zero-order valence-electron chi connectivity index (χ0n) is 16.9. The highest BCUT2D eigenvalue weighted by molar-refractivity contribution is 5.88. The van der Waals surface area contributed by atoms with Crippen LogP contribution >= 0.6 is 0 Å². The normalized spacial score (nSPS) is 24.7. The van der Waals surface area contributed by atoms with Crippen LogP contribution < -0.4 is 10.2 Å². The lowest BCUT2D eigenvalue weighted by Gasteiger charge is -2.38. The first kappa shape index (κ1) is 23.1. The summed E-state index contributed by atoms with van der Waals surface area (Å²) in [6, 6.07) is 5.23. The van der Waals surface area contributed by atoms with Crippen molar-refractivity contribution in [3.05, 3.63) is 40.6 Å². The molecule has 5 atom stereocenters. The van der Waals surface area contributed by atoms with E-state index in [9.17, 15) is 45.3 Å². The number of carboxylic acid groups (broad SMARTS) is 1. The van der Waals surface area contributed by atoms with Crippen LogP contribution in [0.25, 0.3) is 22.3 Å². The van der Waals surface area contributed by atoms with E-state index in [2.05, 4.69) is 0 Å². The smallest absolute Gasteiger partial charge is 0.335 e. The highest BCUT2D eigenvalue weighted by Gasteiger charge is 2.48. The first-order chi connectivity index (χ1) is 16.0. The first-order valence-corrected chi connectivity index (χ1v) is 9.64. The van der Waals surface area contributed by atoms with Crippen molar-refractivity contribution in [1.29, 1.82) is 0 Å². The van der Waals surface area contributed by atoms with E-state index >= 15 is 0 Å². The first-order valence-electron chi connectivity index (χ1n) is 9.64. The Hall–Kier alpha value is -4.04. The van der Waals surface area contributed by atoms with Crippen molar-refractivity contribution in [2.45, 2.75) is 30.7 Å². The summed E-state index contributed by atoms with van der Waals surface area (Å²) >= 11 is 0. The lowest BCUT2D eigenvalue weighted by atomic mass is 9.99. The summed E-state index contributed by atoms with van der Waals surface area (Å²) < 4.78 is 15.8. The Labute approximate surface area is 188 Å². The number of ether oxygens (including phenoxy) is 2. The molecule has 0 saturated carbocycles. The lowest BCUT2D eigenvalue weighted by molar-refractivity contribution is -0.271. The van der Waals surface area contributed by atoms with Gasteiger partial charge in [0.15, 0.2) is 23.4 Å². The van der Waals surface area contributed by atoms with Crippen LogP contribution in [0.15, 0.2) is 39.5 Å². The van der Waals surface area contributed by atoms with Gasteiger partial charge in [0.2, 0.25) is 17.5 Å². The van der Waals surface area contributed by atoms with E-state index < -0.39 is 76.6 Å². The molecule has 3 aromatic rings. The van der Waals surface area contributed by atoms with E-state index in [1.54, 1.807) is 0 Å². The number of rotatable bonds is 4. The highest BCUT2D eigenvalue weighted by Crippen LogP contribution is 2.39. The van der Waals surface area contributed by atoms with Crippen molar-refractivity contribution >= 4 is 16.9 Å². The number of phenolic OH excluding ortho intramolecular Hbond substituents is 3. The number of aromatic hydroxyl groups is 4. The molecular weight excluding hydrogens is 460 g/mol. The van der Waals surface area contributed by atoms with Crippen LogP contribution in [0.3, 0.4) is 0 Å². The maximum atomic E-state index is 12.5. The number of hydrogen-bond donors (Lipinski definition) is 8. The Morgan fingerprint density at radius 3 is 2.29 bits per heavy atom. The molecule has 1 unspecified atom stereocenters. The van der Waals surface area contributed by atoms with Gasteiger partial charge >= 0.3 is 5.97 Å². The van der Waals surface area contributed by atoms with Gasteiger partial charge in [-0.15, -0.1) is 0 Å². The number of benzene rings is 2. The monoisotopic (exact) mass is 478 g/mol. The van der Waals surface area contributed by atoms with Gasteiger partial charge in [-0.25, -0.2) is 4.79 Å². The zero-order valence-corrected chi connectivity index (χ0v) is 16.9. The Morgan fingerprint density at radius 2 is 1.62 bits per heavy atom. The standard InChI is InChI=1S/C21H18O13/c22-7-4-9(24)12-11(5-7)32-18(15(27)13(12)25)6-1-2-8(23)10(3-6)33-21-17(29)14(26)16(28)19(34-21)20(30)31/h1-5,14,16-17,19,21-24,26-29H,(H,30,31)/t14-,16-,17+,19-,21?/m0/s1. The fourth-order valence-electron chi connectivity index (χ4n) is 3.50. The number of fused-ring (bicyclic) bond motifs is 1. The van der Waals surface area contributed by atoms with E-state index in [-0.39, 0.29) is 16.5 Å². The molecule has 1 aliphatic heterocycles. The average molecular weight is 478 g/mol. The van der Waals surface area contributed by atoms with Crippen LogP contribution in [0.4, 0.5) is 0 Å². The Bertz CT molecular complexity index is 1330. The third-order valence-electron chi connectivity index (χ3n) is 5.21. The number of aliphatic carboxylic acids is 1. The van der Waals surface area contributed by atoms with Gasteiger partial charge in [0.05, 0.1) is 0 Å². The lowest BCUT2D eigenvalue weighted by Crippen LogP contribution is -2.61. The number of phenols is 3. The van der Waals surface area contributed by atoms with Gasteiger partial charge in [0.1, 0.15) is 40.8 Å². The third-order valence-corrected chi connectivity index (χ3v) is 5.21. The van der Waals surface area contributed by atoms with Crippen LogP contribution in [0.5, 0.6) is 28.7 Å². The number of carboxylic acids is 1. The maximum absolute atomic E-state index is 12.5. The van der Waals surface area contributed by atoms with Gasteiger partial charge in [-0.3, -0.25) is 4.79 Å². The molecule has 0 amide bonds. The predicted octanol–water partition coefficient (Wildman–Crippen LogP) is -0.447. The van der Waals surface area contributed by atoms with Crippen LogP contribution in [0.1, 0.15) is 0 Å². The molecule has 4 rings (SSSR count). The fraction of sp³-hybridized carbons (Fsp3) is 0.238. The molecule has 1 fully saturated rings. The molecule has 1 aliphatic rings. The molecule has 13 heteroatoms. The second-order valence-electron chi connectivity index (χ2n) is 7.48. The van der Waals surface area contributed by atoms with Gasteiger partial charge < -0.3 is 54.7 Å². The molecule has 180 valence electrons. The molecule has 0 radical (unpaired) electrons. The Kier molecular flexibility index (Phi) is 5.70. The Balaban J connectivity index is 1.75. The van der Waals surface area contributed by atoms with Gasteiger partial charge in [-0.2, -0.15) is 0 Å². The van der Waals surface area contributed by atoms with Crippen LogP contribution in [0, 0.1) is 0 Å². The summed E-state index contributed by atoms with van der Waals surface area (Å²) in [5.41, 5.74) is -1.33. The summed E-state index contributed by atoms with van der Waals surface area (Å²) in [7, 11) is 0. The molecule has 2 aromatic carbocycles. The number of aliphatic hydroxyl groups is 3. The van der Waals surface area contributed by atoms with Gasteiger partial charge in [0, 0.05) is 17.7 Å². The van der Waals surface area contributed by atoms with Crippen molar-refractivity contribution < 1.29 is 59.5 Å². The molecule has 34 heavy (non-hydrogen) atoms. The molecule has 2 heterocycles. The SMILES string of the molecule is O=C(O)[C@H]1OC(Oc2cc(-c3oc4cc(O)cc(O)c4c(=O)c3O)ccc2O)[C@H](O)[C@@H](O)[C@@H]1O. The van der Waals surface area contributed by atoms with E-state index in [1.165, 1.54) is 6.07 Å². The minimum absolute atomic E-state index is 0.0483. The van der Waals surface area contributed by atoms with Crippen LogP contribution in [0.2, 0.25) is 0 Å². The minimum atomic E-state index is -1.95. The Morgan fingerprint density at radius 1 is 0.912 bits per heavy atom. The van der Waals surface area contributed by atoms with E-state index in [1.807, 2.05) is 0 Å². The van der Waals surface area contributed by atoms with E-state index in [4.69, 9.17) is 19.0 Å². The molecule has 1 saturated heterocycles.